The first-order chi connectivity index (χ1) is 7.39. The van der Waals surface area contributed by atoms with E-state index in [1.165, 1.54) is 19.2 Å². The Kier molecular flexibility index (Phi) is 3.65. The molecule has 0 heterocycles. The molecule has 1 aromatic carbocycles. The van der Waals surface area contributed by atoms with Crippen molar-refractivity contribution in [3.05, 3.63) is 35.6 Å². The van der Waals surface area contributed by atoms with Crippen molar-refractivity contribution in [3.63, 3.8) is 0 Å². The number of esters is 1. The van der Waals surface area contributed by atoms with Gasteiger partial charge < -0.3 is 10.5 Å². The topological polar surface area (TPSA) is 52.3 Å². The molecule has 4 heteroatoms. The molecule has 0 radical (unpaired) electrons. The minimum absolute atomic E-state index is 0.327. The van der Waals surface area contributed by atoms with Gasteiger partial charge in [0.05, 0.1) is 12.5 Å². The number of hydrogen-bond acceptors (Lipinski definition) is 3. The molecule has 1 atom stereocenters. The molecule has 16 heavy (non-hydrogen) atoms. The maximum absolute atomic E-state index is 12.7. The van der Waals surface area contributed by atoms with Crippen molar-refractivity contribution < 1.29 is 13.9 Å². The van der Waals surface area contributed by atoms with Crippen LogP contribution in [-0.4, -0.2) is 13.1 Å². The molecule has 0 saturated heterocycles. The number of rotatable bonds is 3. The third kappa shape index (κ3) is 2.39. The monoisotopic (exact) mass is 225 g/mol. The highest BCUT2D eigenvalue weighted by molar-refractivity contribution is 5.77. The molecule has 1 rings (SSSR count). The SMILES string of the molecule is COC(=O)C(C)(C)C(N)c1ccc(F)cc1. The minimum atomic E-state index is -0.841. The van der Waals surface area contributed by atoms with E-state index in [4.69, 9.17) is 5.73 Å². The number of ether oxygens (including phenoxy) is 1. The summed E-state index contributed by atoms with van der Waals surface area (Å²) in [7, 11) is 1.32. The van der Waals surface area contributed by atoms with E-state index in [1.54, 1.807) is 26.0 Å². The molecule has 0 amide bonds. The Morgan fingerprint density at radius 1 is 1.38 bits per heavy atom. The molecule has 1 unspecified atom stereocenters. The van der Waals surface area contributed by atoms with Crippen LogP contribution in [0.3, 0.4) is 0 Å². The molecule has 0 bridgehead atoms. The predicted octanol–water partition coefficient (Wildman–Crippen LogP) is 2.02. The molecule has 1 aromatic rings. The summed E-state index contributed by atoms with van der Waals surface area (Å²) in [5, 5.41) is 0. The van der Waals surface area contributed by atoms with Crippen molar-refractivity contribution in [1.82, 2.24) is 0 Å². The zero-order chi connectivity index (χ0) is 12.3. The molecule has 88 valence electrons. The molecular formula is C12H16FNO2. The smallest absolute Gasteiger partial charge is 0.313 e. The molecule has 3 nitrogen and oxygen atoms in total. The van der Waals surface area contributed by atoms with E-state index in [1.807, 2.05) is 0 Å². The van der Waals surface area contributed by atoms with Gasteiger partial charge in [-0.05, 0) is 31.5 Å². The van der Waals surface area contributed by atoms with Crippen molar-refractivity contribution in [2.45, 2.75) is 19.9 Å². The second kappa shape index (κ2) is 4.61. The van der Waals surface area contributed by atoms with Crippen molar-refractivity contribution in [2.24, 2.45) is 11.1 Å². The second-order valence-corrected chi connectivity index (χ2v) is 4.24. The first kappa shape index (κ1) is 12.6. The average Bonchev–Trinajstić information content (AvgIpc) is 2.28. The van der Waals surface area contributed by atoms with Crippen LogP contribution in [0.15, 0.2) is 24.3 Å². The van der Waals surface area contributed by atoms with Crippen LogP contribution < -0.4 is 5.73 Å². The number of halogens is 1. The van der Waals surface area contributed by atoms with E-state index in [0.717, 1.165) is 0 Å². The Morgan fingerprint density at radius 3 is 2.31 bits per heavy atom. The lowest BCUT2D eigenvalue weighted by molar-refractivity contribution is -0.152. The lowest BCUT2D eigenvalue weighted by atomic mass is 9.81. The third-order valence-electron chi connectivity index (χ3n) is 2.72. The molecule has 0 aliphatic carbocycles. The predicted molar refractivity (Wildman–Crippen MR) is 59.1 cm³/mol. The number of hydrogen-bond donors (Lipinski definition) is 1. The van der Waals surface area contributed by atoms with Crippen molar-refractivity contribution in [2.75, 3.05) is 7.11 Å². The van der Waals surface area contributed by atoms with Gasteiger partial charge in [-0.3, -0.25) is 4.79 Å². The zero-order valence-electron chi connectivity index (χ0n) is 9.66. The quantitative estimate of drug-likeness (QED) is 0.801. The Balaban J connectivity index is 2.97. The van der Waals surface area contributed by atoms with Gasteiger partial charge in [-0.2, -0.15) is 0 Å². The van der Waals surface area contributed by atoms with E-state index < -0.39 is 11.5 Å². The third-order valence-corrected chi connectivity index (χ3v) is 2.72. The van der Waals surface area contributed by atoms with Gasteiger partial charge in [0.2, 0.25) is 0 Å². The summed E-state index contributed by atoms with van der Waals surface area (Å²) in [5.74, 6) is -0.712. The van der Waals surface area contributed by atoms with Gasteiger partial charge in [0, 0.05) is 6.04 Å². The summed E-state index contributed by atoms with van der Waals surface area (Å²) in [5.41, 5.74) is 5.84. The Bertz CT molecular complexity index is 373. The second-order valence-electron chi connectivity index (χ2n) is 4.24. The summed E-state index contributed by atoms with van der Waals surface area (Å²) in [6.45, 7) is 3.40. The van der Waals surface area contributed by atoms with Crippen LogP contribution in [0.4, 0.5) is 4.39 Å². The van der Waals surface area contributed by atoms with E-state index >= 15 is 0 Å². The number of methoxy groups -OCH3 is 1. The van der Waals surface area contributed by atoms with Gasteiger partial charge in [-0.25, -0.2) is 4.39 Å². The van der Waals surface area contributed by atoms with E-state index in [0.29, 0.717) is 5.56 Å². The standard InChI is InChI=1S/C12H16FNO2/c1-12(2,11(15)16-3)10(14)8-4-6-9(13)7-5-8/h4-7,10H,14H2,1-3H3. The highest BCUT2D eigenvalue weighted by Gasteiger charge is 2.36. The summed E-state index contributed by atoms with van der Waals surface area (Å²) < 4.78 is 17.4. The maximum atomic E-state index is 12.7. The highest BCUT2D eigenvalue weighted by atomic mass is 19.1. The summed E-state index contributed by atoms with van der Waals surface area (Å²) in [6.07, 6.45) is 0. The molecule has 0 aliphatic heterocycles. The molecule has 0 aromatic heterocycles. The fourth-order valence-electron chi connectivity index (χ4n) is 1.48. The molecule has 0 fully saturated rings. The van der Waals surface area contributed by atoms with E-state index in [9.17, 15) is 9.18 Å². The van der Waals surface area contributed by atoms with Gasteiger partial charge >= 0.3 is 5.97 Å². The van der Waals surface area contributed by atoms with Crippen LogP contribution >= 0.6 is 0 Å². The normalized spacial score (nSPS) is 13.3. The Hall–Kier alpha value is -1.42. The van der Waals surface area contributed by atoms with Gasteiger partial charge in [0.25, 0.3) is 0 Å². The van der Waals surface area contributed by atoms with Crippen molar-refractivity contribution in [3.8, 4) is 0 Å². The fourth-order valence-corrected chi connectivity index (χ4v) is 1.48. The zero-order valence-corrected chi connectivity index (χ0v) is 9.66. The molecule has 0 spiro atoms. The van der Waals surface area contributed by atoms with Gasteiger partial charge in [-0.15, -0.1) is 0 Å². The highest BCUT2D eigenvalue weighted by Crippen LogP contribution is 2.32. The van der Waals surface area contributed by atoms with Crippen LogP contribution in [0, 0.1) is 11.2 Å². The first-order valence-electron chi connectivity index (χ1n) is 4.99. The summed E-state index contributed by atoms with van der Waals surface area (Å²) >= 11 is 0. The summed E-state index contributed by atoms with van der Waals surface area (Å²) in [6, 6.07) is 5.26. The van der Waals surface area contributed by atoms with Gasteiger partial charge in [0.15, 0.2) is 0 Å². The fraction of sp³-hybridized carbons (Fsp3) is 0.417. The lowest BCUT2D eigenvalue weighted by Gasteiger charge is -2.28. The van der Waals surface area contributed by atoms with E-state index in [2.05, 4.69) is 4.74 Å². The summed E-state index contributed by atoms with van der Waals surface area (Å²) in [4.78, 5) is 11.5. The van der Waals surface area contributed by atoms with Crippen molar-refractivity contribution >= 4 is 5.97 Å². The molecule has 2 N–H and O–H groups in total. The number of nitrogens with two attached hydrogens (primary N) is 1. The lowest BCUT2D eigenvalue weighted by Crippen LogP contribution is -2.37. The Morgan fingerprint density at radius 2 is 1.88 bits per heavy atom. The van der Waals surface area contributed by atoms with Crippen molar-refractivity contribution in [1.29, 1.82) is 0 Å². The van der Waals surface area contributed by atoms with Crippen LogP contribution in [0.2, 0.25) is 0 Å². The minimum Gasteiger partial charge on any atom is -0.469 e. The molecular weight excluding hydrogens is 209 g/mol. The van der Waals surface area contributed by atoms with Gasteiger partial charge in [-0.1, -0.05) is 12.1 Å². The average molecular weight is 225 g/mol. The Labute approximate surface area is 94.4 Å². The molecule has 0 aliphatic rings. The number of carbonyl (C=O) groups is 1. The van der Waals surface area contributed by atoms with Gasteiger partial charge in [0.1, 0.15) is 5.82 Å². The largest absolute Gasteiger partial charge is 0.469 e. The number of benzene rings is 1. The first-order valence-corrected chi connectivity index (χ1v) is 4.99. The van der Waals surface area contributed by atoms with Crippen LogP contribution in [0.5, 0.6) is 0 Å². The van der Waals surface area contributed by atoms with Crippen LogP contribution in [-0.2, 0) is 9.53 Å². The maximum Gasteiger partial charge on any atom is 0.313 e. The van der Waals surface area contributed by atoms with Crippen LogP contribution in [0.1, 0.15) is 25.5 Å². The molecule has 0 saturated carbocycles. The van der Waals surface area contributed by atoms with E-state index in [-0.39, 0.29) is 11.8 Å². The number of carbonyl (C=O) groups excluding carboxylic acids is 1. The van der Waals surface area contributed by atoms with Crippen LogP contribution in [0.25, 0.3) is 0 Å².